The molecule has 0 aliphatic rings. The number of carbonyl (C=O) groups is 2. The predicted octanol–water partition coefficient (Wildman–Crippen LogP) is 4.50. The summed E-state index contributed by atoms with van der Waals surface area (Å²) in [5.41, 5.74) is 1.73. The van der Waals surface area contributed by atoms with Gasteiger partial charge in [-0.05, 0) is 52.3 Å². The number of hydrogen-bond acceptors (Lipinski definition) is 3. The lowest BCUT2D eigenvalue weighted by molar-refractivity contribution is -0.145. The Morgan fingerprint density at radius 1 is 0.900 bits per heavy atom. The molecule has 30 heavy (non-hydrogen) atoms. The van der Waals surface area contributed by atoms with E-state index in [0.717, 1.165) is 20.3 Å². The molecule has 0 unspecified atom stereocenters. The van der Waals surface area contributed by atoms with E-state index >= 15 is 0 Å². The van der Waals surface area contributed by atoms with E-state index in [-0.39, 0.29) is 5.91 Å². The van der Waals surface area contributed by atoms with Crippen molar-refractivity contribution in [2.24, 2.45) is 0 Å². The van der Waals surface area contributed by atoms with Crippen LogP contribution in [0.1, 0.15) is 23.6 Å². The van der Waals surface area contributed by atoms with E-state index in [9.17, 15) is 9.59 Å². The Kier molecular flexibility index (Phi) is 7.26. The summed E-state index contributed by atoms with van der Waals surface area (Å²) in [6.07, 6.45) is 0.358. The zero-order valence-electron chi connectivity index (χ0n) is 17.0. The van der Waals surface area contributed by atoms with Crippen LogP contribution in [0.25, 0.3) is 0 Å². The van der Waals surface area contributed by atoms with Crippen LogP contribution in [0.3, 0.4) is 0 Å². The summed E-state index contributed by atoms with van der Waals surface area (Å²) in [6.45, 7) is 1.88. The second-order valence-corrected chi connectivity index (χ2v) is 8.36. The van der Waals surface area contributed by atoms with Crippen LogP contribution >= 0.6 is 22.6 Å². The summed E-state index contributed by atoms with van der Waals surface area (Å²) >= 11 is 2.23. The number of benzene rings is 3. The molecule has 0 bridgehead atoms. The molecule has 0 fully saturated rings. The Bertz CT molecular complexity index is 966. The number of nitrogens with one attached hydrogen (secondary N) is 1. The quantitative estimate of drug-likeness (QED) is 0.374. The molecule has 1 amide bonds. The molecule has 154 valence electrons. The van der Waals surface area contributed by atoms with Gasteiger partial charge in [-0.25, -0.2) is 4.79 Å². The molecule has 3 aromatic carbocycles. The summed E-state index contributed by atoms with van der Waals surface area (Å²) in [5.74, 6) is -0.715. The Morgan fingerprint density at radius 3 is 1.90 bits per heavy atom. The first kappa shape index (κ1) is 22.0. The minimum atomic E-state index is -0.960. The van der Waals surface area contributed by atoms with Gasteiger partial charge in [-0.15, -0.1) is 0 Å². The molecule has 0 heterocycles. The van der Waals surface area contributed by atoms with E-state index in [1.807, 2.05) is 91.9 Å². The number of amides is 1. The SMILES string of the molecule is COC(=O)[C@H](Cc1ccccc1I)NC(=O)C(C)(c1ccccc1)c1ccccc1. The minimum Gasteiger partial charge on any atom is -0.467 e. The van der Waals surface area contributed by atoms with Gasteiger partial charge in [-0.2, -0.15) is 0 Å². The number of halogens is 1. The van der Waals surface area contributed by atoms with Gasteiger partial charge < -0.3 is 10.1 Å². The van der Waals surface area contributed by atoms with Gasteiger partial charge in [0.05, 0.1) is 12.5 Å². The lowest BCUT2D eigenvalue weighted by Gasteiger charge is -2.31. The van der Waals surface area contributed by atoms with Crippen LogP contribution in [0.15, 0.2) is 84.9 Å². The fraction of sp³-hybridized carbons (Fsp3) is 0.200. The first-order chi connectivity index (χ1) is 14.5. The summed E-state index contributed by atoms with van der Waals surface area (Å²) in [6, 6.07) is 26.2. The van der Waals surface area contributed by atoms with Crippen molar-refractivity contribution >= 4 is 34.5 Å². The molecular weight excluding hydrogens is 489 g/mol. The highest BCUT2D eigenvalue weighted by atomic mass is 127. The van der Waals surface area contributed by atoms with E-state index in [1.54, 1.807) is 0 Å². The highest BCUT2D eigenvalue weighted by Gasteiger charge is 2.39. The molecule has 0 radical (unpaired) electrons. The monoisotopic (exact) mass is 513 g/mol. The summed E-state index contributed by atoms with van der Waals surface area (Å²) in [7, 11) is 1.34. The van der Waals surface area contributed by atoms with E-state index in [4.69, 9.17) is 4.74 Å². The van der Waals surface area contributed by atoms with Crippen LogP contribution < -0.4 is 5.32 Å². The molecule has 0 aromatic heterocycles. The van der Waals surface area contributed by atoms with E-state index in [2.05, 4.69) is 27.9 Å². The standard InChI is InChI=1S/C25H24INO3/c1-25(19-12-5-3-6-13-19,20-14-7-4-8-15-20)24(29)27-22(23(28)30-2)17-18-11-9-10-16-21(18)26/h3-16,22H,17H2,1-2H3,(H,27,29)/t22-/m0/s1. The average Bonchev–Trinajstić information content (AvgIpc) is 2.80. The van der Waals surface area contributed by atoms with Crippen LogP contribution in [-0.2, 0) is 26.2 Å². The number of hydrogen-bond donors (Lipinski definition) is 1. The number of methoxy groups -OCH3 is 1. The molecule has 1 N–H and O–H groups in total. The van der Waals surface area contributed by atoms with Crippen LogP contribution in [0.4, 0.5) is 0 Å². The number of rotatable bonds is 7. The molecule has 3 aromatic rings. The van der Waals surface area contributed by atoms with Crippen LogP contribution in [0.5, 0.6) is 0 Å². The highest BCUT2D eigenvalue weighted by molar-refractivity contribution is 14.1. The summed E-state index contributed by atoms with van der Waals surface area (Å²) in [5, 5.41) is 2.96. The van der Waals surface area contributed by atoms with Crippen LogP contribution in [-0.4, -0.2) is 25.0 Å². The van der Waals surface area contributed by atoms with Gasteiger partial charge in [0.2, 0.25) is 5.91 Å². The molecule has 0 saturated carbocycles. The second kappa shape index (κ2) is 9.89. The lowest BCUT2D eigenvalue weighted by atomic mass is 9.75. The van der Waals surface area contributed by atoms with Crippen molar-refractivity contribution in [2.75, 3.05) is 7.11 Å². The zero-order chi connectivity index (χ0) is 21.6. The van der Waals surface area contributed by atoms with Gasteiger partial charge in [0, 0.05) is 9.99 Å². The topological polar surface area (TPSA) is 55.4 Å². The third-order valence-electron chi connectivity index (χ3n) is 5.33. The third-order valence-corrected chi connectivity index (χ3v) is 6.38. The smallest absolute Gasteiger partial charge is 0.328 e. The first-order valence-electron chi connectivity index (χ1n) is 9.70. The number of carbonyl (C=O) groups excluding carboxylic acids is 2. The largest absolute Gasteiger partial charge is 0.467 e. The minimum absolute atomic E-state index is 0.249. The van der Waals surface area contributed by atoms with Gasteiger partial charge in [0.1, 0.15) is 6.04 Å². The van der Waals surface area contributed by atoms with E-state index in [0.29, 0.717) is 6.42 Å². The van der Waals surface area contributed by atoms with E-state index < -0.39 is 17.4 Å². The maximum absolute atomic E-state index is 13.7. The summed E-state index contributed by atoms with van der Waals surface area (Å²) in [4.78, 5) is 26.2. The van der Waals surface area contributed by atoms with Crippen molar-refractivity contribution in [3.05, 3.63) is 105 Å². The van der Waals surface area contributed by atoms with Gasteiger partial charge in [-0.1, -0.05) is 78.9 Å². The second-order valence-electron chi connectivity index (χ2n) is 7.20. The summed E-state index contributed by atoms with van der Waals surface area (Å²) < 4.78 is 6.03. The van der Waals surface area contributed by atoms with Crippen molar-refractivity contribution in [3.63, 3.8) is 0 Å². The predicted molar refractivity (Wildman–Crippen MR) is 126 cm³/mol. The van der Waals surface area contributed by atoms with Crippen molar-refractivity contribution in [1.29, 1.82) is 0 Å². The molecular formula is C25H24INO3. The fourth-order valence-corrected chi connectivity index (χ4v) is 4.10. The molecule has 0 aliphatic carbocycles. The Hall–Kier alpha value is -2.67. The van der Waals surface area contributed by atoms with Gasteiger partial charge in [0.15, 0.2) is 0 Å². The van der Waals surface area contributed by atoms with Gasteiger partial charge in [0.25, 0.3) is 0 Å². The number of esters is 1. The molecule has 1 atom stereocenters. The molecule has 3 rings (SSSR count). The Labute approximate surface area is 190 Å². The Balaban J connectivity index is 1.97. The molecule has 0 saturated heterocycles. The van der Waals surface area contributed by atoms with Gasteiger partial charge >= 0.3 is 5.97 Å². The maximum Gasteiger partial charge on any atom is 0.328 e. The van der Waals surface area contributed by atoms with Crippen molar-refractivity contribution in [1.82, 2.24) is 5.32 Å². The van der Waals surface area contributed by atoms with Crippen molar-refractivity contribution in [2.45, 2.75) is 24.8 Å². The molecule has 5 heteroatoms. The first-order valence-corrected chi connectivity index (χ1v) is 10.8. The maximum atomic E-state index is 13.7. The molecule has 0 aliphatic heterocycles. The molecule has 4 nitrogen and oxygen atoms in total. The normalized spacial score (nSPS) is 12.1. The lowest BCUT2D eigenvalue weighted by Crippen LogP contribution is -2.51. The van der Waals surface area contributed by atoms with Crippen LogP contribution in [0, 0.1) is 3.57 Å². The zero-order valence-corrected chi connectivity index (χ0v) is 19.1. The van der Waals surface area contributed by atoms with Gasteiger partial charge in [-0.3, -0.25) is 4.79 Å². The highest BCUT2D eigenvalue weighted by Crippen LogP contribution is 2.32. The number of ether oxygens (including phenoxy) is 1. The average molecular weight is 513 g/mol. The Morgan fingerprint density at radius 2 is 1.40 bits per heavy atom. The van der Waals surface area contributed by atoms with E-state index in [1.165, 1.54) is 7.11 Å². The fourth-order valence-electron chi connectivity index (χ4n) is 3.49. The van der Waals surface area contributed by atoms with Crippen molar-refractivity contribution < 1.29 is 14.3 Å². The third kappa shape index (κ3) is 4.73. The molecule has 0 spiro atoms. The van der Waals surface area contributed by atoms with Crippen LogP contribution in [0.2, 0.25) is 0 Å². The van der Waals surface area contributed by atoms with Crippen molar-refractivity contribution in [3.8, 4) is 0 Å².